The van der Waals surface area contributed by atoms with Crippen molar-refractivity contribution in [2.45, 2.75) is 25.1 Å². The summed E-state index contributed by atoms with van der Waals surface area (Å²) in [5.74, 6) is -0.0901. The van der Waals surface area contributed by atoms with E-state index in [0.717, 1.165) is 25.0 Å². The van der Waals surface area contributed by atoms with E-state index in [2.05, 4.69) is 10.3 Å². The highest BCUT2D eigenvalue weighted by molar-refractivity contribution is 7.22. The minimum absolute atomic E-state index is 0.0901. The Morgan fingerprint density at radius 3 is 2.91 bits per heavy atom. The van der Waals surface area contributed by atoms with Crippen LogP contribution in [0.3, 0.4) is 0 Å². The summed E-state index contributed by atoms with van der Waals surface area (Å²) in [4.78, 5) is 18.0. The topological polar surface area (TPSA) is 45.2 Å². The van der Waals surface area contributed by atoms with E-state index in [9.17, 15) is 18.0 Å². The van der Waals surface area contributed by atoms with Gasteiger partial charge in [0.2, 0.25) is 5.91 Å². The molecule has 2 aromatic rings. The van der Waals surface area contributed by atoms with Crippen LogP contribution in [-0.2, 0) is 11.0 Å². The van der Waals surface area contributed by atoms with Crippen molar-refractivity contribution in [3.63, 3.8) is 0 Å². The van der Waals surface area contributed by atoms with E-state index in [1.165, 1.54) is 17.4 Å². The van der Waals surface area contributed by atoms with E-state index in [4.69, 9.17) is 0 Å². The van der Waals surface area contributed by atoms with Crippen molar-refractivity contribution in [2.24, 2.45) is 0 Å². The number of amides is 1. The third-order valence-electron chi connectivity index (χ3n) is 3.75. The Morgan fingerprint density at radius 1 is 1.45 bits per heavy atom. The summed E-state index contributed by atoms with van der Waals surface area (Å²) < 4.78 is 38.9. The molecule has 1 N–H and O–H groups in total. The van der Waals surface area contributed by atoms with Gasteiger partial charge in [0.15, 0.2) is 5.13 Å². The first-order chi connectivity index (χ1) is 10.4. The molecule has 0 radical (unpaired) electrons. The lowest BCUT2D eigenvalue weighted by atomic mass is 10.2. The summed E-state index contributed by atoms with van der Waals surface area (Å²) in [7, 11) is 1.58. The van der Waals surface area contributed by atoms with E-state index in [1.54, 1.807) is 7.05 Å². The zero-order valence-corrected chi connectivity index (χ0v) is 12.6. The van der Waals surface area contributed by atoms with Crippen LogP contribution in [0.15, 0.2) is 18.2 Å². The fraction of sp³-hybridized carbons (Fsp3) is 0.429. The van der Waals surface area contributed by atoms with Crippen LogP contribution >= 0.6 is 11.3 Å². The summed E-state index contributed by atoms with van der Waals surface area (Å²) >= 11 is 1.31. The van der Waals surface area contributed by atoms with Gasteiger partial charge in [-0.25, -0.2) is 4.98 Å². The number of rotatable bonds is 2. The molecule has 2 heterocycles. The number of anilines is 1. The average Bonchev–Trinajstić information content (AvgIpc) is 3.10. The van der Waals surface area contributed by atoms with Gasteiger partial charge < -0.3 is 10.2 Å². The number of benzene rings is 1. The summed E-state index contributed by atoms with van der Waals surface area (Å²) in [6, 6.07) is 3.25. The van der Waals surface area contributed by atoms with Gasteiger partial charge in [-0.15, -0.1) is 0 Å². The van der Waals surface area contributed by atoms with Crippen LogP contribution < -0.4 is 10.2 Å². The highest BCUT2D eigenvalue weighted by Crippen LogP contribution is 2.36. The lowest BCUT2D eigenvalue weighted by Crippen LogP contribution is -2.41. The molecule has 1 unspecified atom stereocenters. The quantitative estimate of drug-likeness (QED) is 0.921. The van der Waals surface area contributed by atoms with Crippen LogP contribution in [0.1, 0.15) is 18.4 Å². The van der Waals surface area contributed by atoms with Gasteiger partial charge in [0.25, 0.3) is 0 Å². The molecule has 1 aliphatic heterocycles. The van der Waals surface area contributed by atoms with Gasteiger partial charge in [0.1, 0.15) is 6.04 Å². The minimum atomic E-state index is -4.38. The van der Waals surface area contributed by atoms with Crippen LogP contribution in [0, 0.1) is 0 Å². The van der Waals surface area contributed by atoms with E-state index >= 15 is 0 Å². The normalized spacial score (nSPS) is 18.9. The second-order valence-electron chi connectivity index (χ2n) is 5.14. The maximum Gasteiger partial charge on any atom is 0.416 e. The van der Waals surface area contributed by atoms with E-state index in [-0.39, 0.29) is 11.9 Å². The molecule has 1 aromatic heterocycles. The number of fused-ring (bicyclic) bond motifs is 1. The first kappa shape index (κ1) is 15.1. The number of nitrogens with zero attached hydrogens (tertiary/aromatic N) is 2. The maximum atomic E-state index is 12.7. The summed E-state index contributed by atoms with van der Waals surface area (Å²) in [5.41, 5.74) is -0.390. The fourth-order valence-corrected chi connectivity index (χ4v) is 3.67. The van der Waals surface area contributed by atoms with Crippen LogP contribution in [-0.4, -0.2) is 30.5 Å². The molecule has 0 spiro atoms. The molecule has 1 aromatic carbocycles. The SMILES string of the molecule is CNC(=O)C1CCCN1c1nc2cc(C(F)(F)F)ccc2s1. The Bertz CT molecular complexity index is 713. The second kappa shape index (κ2) is 5.42. The van der Waals surface area contributed by atoms with Gasteiger partial charge in [-0.3, -0.25) is 4.79 Å². The molecule has 4 nitrogen and oxygen atoms in total. The van der Waals surface area contributed by atoms with Crippen LogP contribution in [0.4, 0.5) is 18.3 Å². The highest BCUT2D eigenvalue weighted by atomic mass is 32.1. The number of hydrogen-bond donors (Lipinski definition) is 1. The van der Waals surface area contributed by atoms with Crippen molar-refractivity contribution >= 4 is 32.6 Å². The summed E-state index contributed by atoms with van der Waals surface area (Å²) in [6.45, 7) is 0.685. The number of thiazole rings is 1. The molecular formula is C14H14F3N3OS. The van der Waals surface area contributed by atoms with Crippen molar-refractivity contribution in [3.8, 4) is 0 Å². The smallest absolute Gasteiger partial charge is 0.357 e. The van der Waals surface area contributed by atoms with Gasteiger partial charge >= 0.3 is 6.18 Å². The number of alkyl halides is 3. The lowest BCUT2D eigenvalue weighted by Gasteiger charge is -2.22. The fourth-order valence-electron chi connectivity index (χ4n) is 2.65. The van der Waals surface area contributed by atoms with Gasteiger partial charge in [0, 0.05) is 13.6 Å². The van der Waals surface area contributed by atoms with Crippen molar-refractivity contribution in [1.29, 1.82) is 0 Å². The van der Waals surface area contributed by atoms with Crippen LogP contribution in [0.5, 0.6) is 0 Å². The van der Waals surface area contributed by atoms with Crippen LogP contribution in [0.2, 0.25) is 0 Å². The maximum absolute atomic E-state index is 12.7. The number of carbonyl (C=O) groups is 1. The molecule has 22 heavy (non-hydrogen) atoms. The molecule has 1 amide bonds. The molecular weight excluding hydrogens is 315 g/mol. The Labute approximate surface area is 128 Å². The number of carbonyl (C=O) groups excluding carboxylic acids is 1. The molecule has 0 aliphatic carbocycles. The Hall–Kier alpha value is -1.83. The molecule has 0 saturated carbocycles. The first-order valence-corrected chi connectivity index (χ1v) is 7.68. The summed E-state index contributed by atoms with van der Waals surface area (Å²) in [6.07, 6.45) is -2.79. The van der Waals surface area contributed by atoms with Crippen molar-refractivity contribution in [1.82, 2.24) is 10.3 Å². The highest BCUT2D eigenvalue weighted by Gasteiger charge is 2.33. The largest absolute Gasteiger partial charge is 0.416 e. The molecule has 0 bridgehead atoms. The Morgan fingerprint density at radius 2 is 2.23 bits per heavy atom. The molecule has 8 heteroatoms. The Kier molecular flexibility index (Phi) is 3.72. The third-order valence-corrected chi connectivity index (χ3v) is 4.82. The Balaban J connectivity index is 1.96. The average molecular weight is 329 g/mol. The van der Waals surface area contributed by atoms with Gasteiger partial charge in [-0.2, -0.15) is 13.2 Å². The monoisotopic (exact) mass is 329 g/mol. The zero-order valence-electron chi connectivity index (χ0n) is 11.8. The molecule has 1 aliphatic rings. The standard InChI is InChI=1S/C14H14F3N3OS/c1-18-12(21)10-3-2-6-20(10)13-19-9-7-8(14(15,16)17)4-5-11(9)22-13/h4-5,7,10H,2-3,6H2,1H3,(H,18,21). The predicted molar refractivity (Wildman–Crippen MR) is 79.1 cm³/mol. The van der Waals surface area contributed by atoms with Crippen molar-refractivity contribution in [3.05, 3.63) is 23.8 Å². The van der Waals surface area contributed by atoms with E-state index in [1.807, 2.05) is 4.90 Å². The summed E-state index contributed by atoms with van der Waals surface area (Å²) in [5, 5.41) is 3.21. The van der Waals surface area contributed by atoms with Gasteiger partial charge in [-0.1, -0.05) is 11.3 Å². The third kappa shape index (κ3) is 2.63. The second-order valence-corrected chi connectivity index (χ2v) is 6.15. The number of nitrogens with one attached hydrogen (secondary N) is 1. The zero-order chi connectivity index (χ0) is 15.9. The number of aromatic nitrogens is 1. The molecule has 3 rings (SSSR count). The minimum Gasteiger partial charge on any atom is -0.357 e. The van der Waals surface area contributed by atoms with Gasteiger partial charge in [0.05, 0.1) is 15.8 Å². The molecule has 118 valence electrons. The van der Waals surface area contributed by atoms with Crippen molar-refractivity contribution < 1.29 is 18.0 Å². The molecule has 1 saturated heterocycles. The van der Waals surface area contributed by atoms with E-state index in [0.29, 0.717) is 21.9 Å². The number of hydrogen-bond acceptors (Lipinski definition) is 4. The molecule has 1 atom stereocenters. The van der Waals surface area contributed by atoms with E-state index < -0.39 is 11.7 Å². The first-order valence-electron chi connectivity index (χ1n) is 6.86. The number of halogens is 3. The van der Waals surface area contributed by atoms with Crippen molar-refractivity contribution in [2.75, 3.05) is 18.5 Å². The van der Waals surface area contributed by atoms with Crippen LogP contribution in [0.25, 0.3) is 10.2 Å². The van der Waals surface area contributed by atoms with Gasteiger partial charge in [-0.05, 0) is 31.0 Å². The number of likely N-dealkylation sites (N-methyl/N-ethyl adjacent to an activating group) is 1. The predicted octanol–water partition coefficient (Wildman–Crippen LogP) is 3.03. The molecule has 1 fully saturated rings. The lowest BCUT2D eigenvalue weighted by molar-refractivity contribution is -0.137.